The molecule has 0 fully saturated rings. The molecule has 0 unspecified atom stereocenters. The number of ether oxygens (including phenoxy) is 1. The summed E-state index contributed by atoms with van der Waals surface area (Å²) in [5.41, 5.74) is 2.96. The summed E-state index contributed by atoms with van der Waals surface area (Å²) in [6.07, 6.45) is 0. The zero-order valence-electron chi connectivity index (χ0n) is 13.0. The molecular weight excluding hydrogens is 278 g/mol. The van der Waals surface area contributed by atoms with Crippen LogP contribution in [0.3, 0.4) is 0 Å². The molecule has 2 aromatic rings. The molecule has 2 aromatic carbocycles. The van der Waals surface area contributed by atoms with Gasteiger partial charge >= 0.3 is 5.97 Å². The fourth-order valence-electron chi connectivity index (χ4n) is 2.24. The number of carbonyl (C=O) groups is 2. The molecule has 0 heterocycles. The van der Waals surface area contributed by atoms with E-state index in [0.29, 0.717) is 23.4 Å². The molecule has 0 aliphatic rings. The van der Waals surface area contributed by atoms with Crippen molar-refractivity contribution in [3.63, 3.8) is 0 Å². The minimum atomic E-state index is -0.407. The van der Waals surface area contributed by atoms with Gasteiger partial charge in [-0.25, -0.2) is 0 Å². The molecule has 22 heavy (non-hydrogen) atoms. The highest BCUT2D eigenvalue weighted by atomic mass is 16.5. The number of hydrogen-bond acceptors (Lipinski definition) is 3. The summed E-state index contributed by atoms with van der Waals surface area (Å²) in [6.45, 7) is 5.52. The van der Waals surface area contributed by atoms with Gasteiger partial charge in [-0.3, -0.25) is 9.59 Å². The summed E-state index contributed by atoms with van der Waals surface area (Å²) in [4.78, 5) is 23.5. The fourth-order valence-corrected chi connectivity index (χ4v) is 2.24. The normalized spacial score (nSPS) is 10.1. The highest BCUT2D eigenvalue weighted by Gasteiger charge is 2.16. The van der Waals surface area contributed by atoms with Gasteiger partial charge in [0, 0.05) is 24.6 Å². The first-order valence-electron chi connectivity index (χ1n) is 7.19. The lowest BCUT2D eigenvalue weighted by Gasteiger charge is -2.14. The van der Waals surface area contributed by atoms with Crippen LogP contribution in [0, 0.1) is 6.92 Å². The molecule has 0 saturated heterocycles. The average Bonchev–Trinajstić information content (AvgIpc) is 2.50. The van der Waals surface area contributed by atoms with Gasteiger partial charge in [-0.05, 0) is 37.1 Å². The predicted molar refractivity (Wildman–Crippen MR) is 85.9 cm³/mol. The quantitative estimate of drug-likeness (QED) is 0.695. The third-order valence-corrected chi connectivity index (χ3v) is 3.30. The number of rotatable bonds is 4. The van der Waals surface area contributed by atoms with Crippen LogP contribution in [0.15, 0.2) is 42.5 Å². The zero-order valence-corrected chi connectivity index (χ0v) is 13.0. The largest absolute Gasteiger partial charge is 0.426 e. The van der Waals surface area contributed by atoms with Crippen LogP contribution in [0.25, 0.3) is 11.1 Å². The smallest absolute Gasteiger partial charge is 0.308 e. The average molecular weight is 297 g/mol. The molecule has 0 saturated carbocycles. The maximum Gasteiger partial charge on any atom is 0.308 e. The van der Waals surface area contributed by atoms with Crippen LogP contribution in [-0.4, -0.2) is 18.4 Å². The SMILES string of the molecule is CCNC(=O)c1cc(-c2ccccc2)cc(OC(C)=O)c1C. The Balaban J connectivity index is 2.57. The summed E-state index contributed by atoms with van der Waals surface area (Å²) in [7, 11) is 0. The Kier molecular flexibility index (Phi) is 4.94. The van der Waals surface area contributed by atoms with E-state index in [0.717, 1.165) is 11.1 Å². The Bertz CT molecular complexity index is 693. The second kappa shape index (κ2) is 6.89. The first-order chi connectivity index (χ1) is 10.5. The minimum absolute atomic E-state index is 0.175. The monoisotopic (exact) mass is 297 g/mol. The van der Waals surface area contributed by atoms with E-state index in [2.05, 4.69) is 5.32 Å². The molecule has 0 spiro atoms. The van der Waals surface area contributed by atoms with Gasteiger partial charge in [0.15, 0.2) is 0 Å². The van der Waals surface area contributed by atoms with Gasteiger partial charge in [0.2, 0.25) is 0 Å². The number of esters is 1. The van der Waals surface area contributed by atoms with Gasteiger partial charge < -0.3 is 10.1 Å². The van der Waals surface area contributed by atoms with Crippen molar-refractivity contribution in [1.29, 1.82) is 0 Å². The third kappa shape index (κ3) is 3.52. The highest BCUT2D eigenvalue weighted by molar-refractivity contribution is 5.98. The summed E-state index contributed by atoms with van der Waals surface area (Å²) in [6, 6.07) is 13.3. The predicted octanol–water partition coefficient (Wildman–Crippen LogP) is 3.34. The van der Waals surface area contributed by atoms with E-state index >= 15 is 0 Å². The Hall–Kier alpha value is -2.62. The standard InChI is InChI=1S/C18H19NO3/c1-4-19-18(21)16-10-15(14-8-6-5-7-9-14)11-17(12(16)2)22-13(3)20/h5-11H,4H2,1-3H3,(H,19,21). The molecule has 114 valence electrons. The van der Waals surface area contributed by atoms with Crippen LogP contribution in [0.4, 0.5) is 0 Å². The lowest BCUT2D eigenvalue weighted by atomic mass is 9.98. The molecule has 0 aliphatic carbocycles. The van der Waals surface area contributed by atoms with E-state index in [9.17, 15) is 9.59 Å². The maximum absolute atomic E-state index is 12.2. The van der Waals surface area contributed by atoms with Crippen molar-refractivity contribution in [1.82, 2.24) is 5.32 Å². The van der Waals surface area contributed by atoms with Crippen LogP contribution in [-0.2, 0) is 4.79 Å². The molecule has 0 radical (unpaired) electrons. The molecule has 0 aromatic heterocycles. The van der Waals surface area contributed by atoms with Gasteiger partial charge in [0.1, 0.15) is 5.75 Å². The van der Waals surface area contributed by atoms with Crippen molar-refractivity contribution in [2.24, 2.45) is 0 Å². The van der Waals surface area contributed by atoms with Crippen molar-refractivity contribution in [3.05, 3.63) is 53.6 Å². The Labute approximate surface area is 130 Å². The Morgan fingerprint density at radius 2 is 1.77 bits per heavy atom. The van der Waals surface area contributed by atoms with E-state index in [4.69, 9.17) is 4.74 Å². The molecule has 2 rings (SSSR count). The fraction of sp³-hybridized carbons (Fsp3) is 0.222. The second-order valence-electron chi connectivity index (χ2n) is 4.97. The number of carbonyl (C=O) groups excluding carboxylic acids is 2. The van der Waals surface area contributed by atoms with Gasteiger partial charge in [-0.2, -0.15) is 0 Å². The summed E-state index contributed by atoms with van der Waals surface area (Å²) in [5, 5.41) is 2.78. The van der Waals surface area contributed by atoms with Crippen LogP contribution < -0.4 is 10.1 Å². The van der Waals surface area contributed by atoms with E-state index in [1.807, 2.05) is 43.3 Å². The number of nitrogens with one attached hydrogen (secondary N) is 1. The first-order valence-corrected chi connectivity index (χ1v) is 7.19. The van der Waals surface area contributed by atoms with E-state index in [1.165, 1.54) is 6.92 Å². The van der Waals surface area contributed by atoms with Crippen molar-refractivity contribution < 1.29 is 14.3 Å². The van der Waals surface area contributed by atoms with Gasteiger partial charge in [0.05, 0.1) is 0 Å². The number of amides is 1. The Morgan fingerprint density at radius 3 is 2.36 bits per heavy atom. The van der Waals surface area contributed by atoms with E-state index < -0.39 is 5.97 Å². The summed E-state index contributed by atoms with van der Waals surface area (Å²) >= 11 is 0. The third-order valence-electron chi connectivity index (χ3n) is 3.30. The van der Waals surface area contributed by atoms with E-state index in [-0.39, 0.29) is 5.91 Å². The first kappa shape index (κ1) is 15.8. The molecule has 4 nitrogen and oxygen atoms in total. The second-order valence-corrected chi connectivity index (χ2v) is 4.97. The molecule has 0 atom stereocenters. The zero-order chi connectivity index (χ0) is 16.1. The van der Waals surface area contributed by atoms with Crippen molar-refractivity contribution >= 4 is 11.9 Å². The van der Waals surface area contributed by atoms with Gasteiger partial charge in [-0.15, -0.1) is 0 Å². The van der Waals surface area contributed by atoms with Crippen LogP contribution in [0.5, 0.6) is 5.75 Å². The number of hydrogen-bond donors (Lipinski definition) is 1. The molecule has 0 bridgehead atoms. The van der Waals surface area contributed by atoms with Gasteiger partial charge in [0.25, 0.3) is 5.91 Å². The molecule has 1 amide bonds. The summed E-state index contributed by atoms with van der Waals surface area (Å²) in [5.74, 6) is -0.170. The molecule has 4 heteroatoms. The van der Waals surface area contributed by atoms with Gasteiger partial charge in [-0.1, -0.05) is 30.3 Å². The van der Waals surface area contributed by atoms with Crippen LogP contribution in [0.1, 0.15) is 29.8 Å². The lowest BCUT2D eigenvalue weighted by Crippen LogP contribution is -2.24. The highest BCUT2D eigenvalue weighted by Crippen LogP contribution is 2.30. The molecular formula is C18H19NO3. The Morgan fingerprint density at radius 1 is 1.09 bits per heavy atom. The van der Waals surface area contributed by atoms with Crippen LogP contribution >= 0.6 is 0 Å². The summed E-state index contributed by atoms with van der Waals surface area (Å²) < 4.78 is 5.26. The topological polar surface area (TPSA) is 55.4 Å². The van der Waals surface area contributed by atoms with Crippen molar-refractivity contribution in [3.8, 4) is 16.9 Å². The van der Waals surface area contributed by atoms with Crippen molar-refractivity contribution in [2.75, 3.05) is 6.54 Å². The van der Waals surface area contributed by atoms with Crippen LogP contribution in [0.2, 0.25) is 0 Å². The maximum atomic E-state index is 12.2. The van der Waals surface area contributed by atoms with Crippen molar-refractivity contribution in [2.45, 2.75) is 20.8 Å². The minimum Gasteiger partial charge on any atom is -0.426 e. The number of benzene rings is 2. The van der Waals surface area contributed by atoms with E-state index in [1.54, 1.807) is 13.0 Å². The molecule has 0 aliphatic heterocycles. The molecule has 1 N–H and O–H groups in total. The lowest BCUT2D eigenvalue weighted by molar-refractivity contribution is -0.131.